The Morgan fingerprint density at radius 2 is 2.18 bits per heavy atom. The van der Waals surface area contributed by atoms with Gasteiger partial charge < -0.3 is 9.72 Å². The molecular weight excluding hydrogens is 240 g/mol. The number of carbonyl (C=O) groups excluding carboxylic acids is 1. The molecule has 0 amide bonds. The van der Waals surface area contributed by atoms with Gasteiger partial charge in [-0.1, -0.05) is 6.92 Å². The number of rotatable bonds is 5. The molecule has 0 fully saturated rings. The van der Waals surface area contributed by atoms with Crippen molar-refractivity contribution in [3.05, 3.63) is 21.7 Å². The summed E-state index contributed by atoms with van der Waals surface area (Å²) in [7, 11) is 0. The highest BCUT2D eigenvalue weighted by molar-refractivity contribution is 7.99. The van der Waals surface area contributed by atoms with Gasteiger partial charge in [-0.2, -0.15) is 4.98 Å². The Labute approximate surface area is 104 Å². The Bertz CT molecular complexity index is 457. The highest BCUT2D eigenvalue weighted by Crippen LogP contribution is 2.22. The third-order valence-corrected chi connectivity index (χ3v) is 3.19. The number of carbonyl (C=O) groups is 1. The van der Waals surface area contributed by atoms with E-state index in [0.717, 1.165) is 12.2 Å². The minimum Gasteiger partial charge on any atom is -0.462 e. The van der Waals surface area contributed by atoms with Gasteiger partial charge >= 0.3 is 11.7 Å². The van der Waals surface area contributed by atoms with Gasteiger partial charge in [0.25, 0.3) is 0 Å². The molecule has 0 aliphatic rings. The van der Waals surface area contributed by atoms with Gasteiger partial charge in [-0.25, -0.2) is 9.59 Å². The Morgan fingerprint density at radius 3 is 2.76 bits per heavy atom. The van der Waals surface area contributed by atoms with E-state index in [0.29, 0.717) is 22.9 Å². The van der Waals surface area contributed by atoms with Crippen molar-refractivity contribution < 1.29 is 9.53 Å². The molecule has 1 aromatic rings. The smallest absolute Gasteiger partial charge is 0.346 e. The van der Waals surface area contributed by atoms with Crippen LogP contribution in [-0.2, 0) is 4.74 Å². The summed E-state index contributed by atoms with van der Waals surface area (Å²) in [5.41, 5.74) is 0.432. The van der Waals surface area contributed by atoms with Crippen LogP contribution in [-0.4, -0.2) is 28.3 Å². The molecule has 1 aromatic heterocycles. The van der Waals surface area contributed by atoms with Crippen LogP contribution in [0, 0.1) is 6.92 Å². The molecule has 0 unspecified atom stereocenters. The van der Waals surface area contributed by atoms with Gasteiger partial charge in [0.05, 0.1) is 6.61 Å². The van der Waals surface area contributed by atoms with Crippen molar-refractivity contribution in [1.82, 2.24) is 9.97 Å². The fourth-order valence-corrected chi connectivity index (χ4v) is 2.23. The first kappa shape index (κ1) is 13.8. The molecule has 1 N–H and O–H groups in total. The summed E-state index contributed by atoms with van der Waals surface area (Å²) in [5, 5.41) is 0.451. The molecule has 0 saturated heterocycles. The van der Waals surface area contributed by atoms with Gasteiger partial charge in [-0.3, -0.25) is 0 Å². The van der Waals surface area contributed by atoms with Crippen LogP contribution < -0.4 is 5.69 Å². The van der Waals surface area contributed by atoms with E-state index >= 15 is 0 Å². The number of nitrogens with zero attached hydrogens (tertiary/aromatic N) is 1. The van der Waals surface area contributed by atoms with Gasteiger partial charge in [0.2, 0.25) is 0 Å². The van der Waals surface area contributed by atoms with E-state index in [1.165, 1.54) is 11.8 Å². The summed E-state index contributed by atoms with van der Waals surface area (Å²) >= 11 is 1.40. The predicted octanol–water partition coefficient (Wildman–Crippen LogP) is 1.76. The van der Waals surface area contributed by atoms with Crippen molar-refractivity contribution in [2.75, 3.05) is 12.4 Å². The van der Waals surface area contributed by atoms with Crippen LogP contribution in [0.3, 0.4) is 0 Å². The van der Waals surface area contributed by atoms with Crippen LogP contribution in [0.1, 0.15) is 36.3 Å². The molecular formula is C11H16N2O3S. The zero-order chi connectivity index (χ0) is 12.8. The maximum atomic E-state index is 11.8. The van der Waals surface area contributed by atoms with Crippen molar-refractivity contribution in [1.29, 1.82) is 0 Å². The second kappa shape index (κ2) is 6.44. The van der Waals surface area contributed by atoms with E-state index in [9.17, 15) is 9.59 Å². The normalized spacial score (nSPS) is 10.3. The Balaban J connectivity index is 3.15. The third kappa shape index (κ3) is 3.59. The summed E-state index contributed by atoms with van der Waals surface area (Å²) in [5.74, 6) is 0.370. The van der Waals surface area contributed by atoms with E-state index in [2.05, 4.69) is 9.97 Å². The second-order valence-corrected chi connectivity index (χ2v) is 4.50. The number of H-pyrrole nitrogens is 1. The molecule has 5 nitrogen and oxygen atoms in total. The lowest BCUT2D eigenvalue weighted by atomic mass is 10.2. The molecule has 94 valence electrons. The number of aryl methyl sites for hydroxylation is 1. The first-order valence-electron chi connectivity index (χ1n) is 5.51. The second-order valence-electron chi connectivity index (χ2n) is 3.42. The molecule has 0 aliphatic carbocycles. The Hall–Kier alpha value is -1.30. The molecule has 0 aromatic carbocycles. The Kier molecular flexibility index (Phi) is 5.21. The number of aromatic amines is 1. The molecule has 1 heterocycles. The molecule has 0 atom stereocenters. The predicted molar refractivity (Wildman–Crippen MR) is 66.6 cm³/mol. The van der Waals surface area contributed by atoms with Crippen LogP contribution in [0.5, 0.6) is 0 Å². The van der Waals surface area contributed by atoms with Crippen LogP contribution in [0.15, 0.2) is 9.82 Å². The van der Waals surface area contributed by atoms with Crippen molar-refractivity contribution >= 4 is 17.7 Å². The monoisotopic (exact) mass is 256 g/mol. The van der Waals surface area contributed by atoms with Gasteiger partial charge in [0, 0.05) is 5.69 Å². The van der Waals surface area contributed by atoms with Crippen LogP contribution >= 0.6 is 11.8 Å². The lowest BCUT2D eigenvalue weighted by Crippen LogP contribution is -2.19. The van der Waals surface area contributed by atoms with E-state index < -0.39 is 11.7 Å². The standard InChI is InChI=1S/C11H16N2O3S/c1-4-6-17-9-8(10(14)16-5-2)7(3)12-11(15)13-9/h4-6H2,1-3H3,(H,12,13,15). The average Bonchev–Trinajstić information content (AvgIpc) is 2.25. The van der Waals surface area contributed by atoms with Gasteiger partial charge in [-0.05, 0) is 26.0 Å². The van der Waals surface area contributed by atoms with Crippen LogP contribution in [0.25, 0.3) is 0 Å². The quantitative estimate of drug-likeness (QED) is 0.493. The summed E-state index contributed by atoms with van der Waals surface area (Å²) in [6, 6.07) is 0. The minimum atomic E-state index is -0.438. The van der Waals surface area contributed by atoms with Crippen molar-refractivity contribution in [3.8, 4) is 0 Å². The van der Waals surface area contributed by atoms with Gasteiger partial charge in [-0.15, -0.1) is 11.8 Å². The third-order valence-electron chi connectivity index (χ3n) is 2.01. The van der Waals surface area contributed by atoms with Gasteiger partial charge in [0.1, 0.15) is 10.6 Å². The van der Waals surface area contributed by atoms with E-state index in [-0.39, 0.29) is 0 Å². The number of thioether (sulfide) groups is 1. The van der Waals surface area contributed by atoms with Crippen LogP contribution in [0.2, 0.25) is 0 Å². The highest BCUT2D eigenvalue weighted by atomic mass is 32.2. The number of hydrogen-bond donors (Lipinski definition) is 1. The lowest BCUT2D eigenvalue weighted by Gasteiger charge is -2.09. The molecule has 0 spiro atoms. The number of nitrogens with one attached hydrogen (secondary N) is 1. The molecule has 6 heteroatoms. The Morgan fingerprint density at radius 1 is 1.47 bits per heavy atom. The van der Waals surface area contributed by atoms with E-state index in [1.807, 2.05) is 6.92 Å². The molecule has 0 bridgehead atoms. The SMILES string of the molecule is CCCSc1nc(=O)[nH]c(C)c1C(=O)OCC. The molecule has 0 aliphatic heterocycles. The lowest BCUT2D eigenvalue weighted by molar-refractivity contribution is 0.0519. The maximum absolute atomic E-state index is 11.8. The van der Waals surface area contributed by atoms with Crippen molar-refractivity contribution in [3.63, 3.8) is 0 Å². The summed E-state index contributed by atoms with van der Waals surface area (Å²) in [6.45, 7) is 5.74. The number of aromatic nitrogens is 2. The minimum absolute atomic E-state index is 0.301. The van der Waals surface area contributed by atoms with Crippen molar-refractivity contribution in [2.45, 2.75) is 32.2 Å². The summed E-state index contributed by atoms with van der Waals surface area (Å²) in [4.78, 5) is 29.4. The molecule has 17 heavy (non-hydrogen) atoms. The molecule has 0 radical (unpaired) electrons. The summed E-state index contributed by atoms with van der Waals surface area (Å²) in [6.07, 6.45) is 0.945. The average molecular weight is 256 g/mol. The first-order valence-corrected chi connectivity index (χ1v) is 6.49. The number of hydrogen-bond acceptors (Lipinski definition) is 5. The number of esters is 1. The fourth-order valence-electron chi connectivity index (χ4n) is 1.31. The summed E-state index contributed by atoms with van der Waals surface area (Å²) < 4.78 is 4.95. The largest absolute Gasteiger partial charge is 0.462 e. The molecule has 1 rings (SSSR count). The maximum Gasteiger partial charge on any atom is 0.346 e. The molecule has 0 saturated carbocycles. The fraction of sp³-hybridized carbons (Fsp3) is 0.545. The zero-order valence-corrected chi connectivity index (χ0v) is 11.0. The van der Waals surface area contributed by atoms with E-state index in [4.69, 9.17) is 4.74 Å². The van der Waals surface area contributed by atoms with E-state index in [1.54, 1.807) is 13.8 Å². The van der Waals surface area contributed by atoms with Crippen LogP contribution in [0.4, 0.5) is 0 Å². The van der Waals surface area contributed by atoms with Gasteiger partial charge in [0.15, 0.2) is 0 Å². The van der Waals surface area contributed by atoms with Crippen molar-refractivity contribution in [2.24, 2.45) is 0 Å². The topological polar surface area (TPSA) is 72.0 Å². The number of ether oxygens (including phenoxy) is 1. The first-order chi connectivity index (χ1) is 8.10. The zero-order valence-electron chi connectivity index (χ0n) is 10.2. The highest BCUT2D eigenvalue weighted by Gasteiger charge is 2.18.